The van der Waals surface area contributed by atoms with E-state index in [1.54, 1.807) is 58.9 Å². The van der Waals surface area contributed by atoms with Crippen LogP contribution in [-0.4, -0.2) is 34.2 Å². The van der Waals surface area contributed by atoms with Crippen molar-refractivity contribution in [2.24, 2.45) is 0 Å². The molecule has 0 atom stereocenters. The van der Waals surface area contributed by atoms with Gasteiger partial charge in [-0.1, -0.05) is 23.7 Å². The maximum Gasteiger partial charge on any atom is 0.203 e. The number of ketones is 1. The average Bonchev–Trinajstić information content (AvgIpc) is 2.86. The second-order valence-corrected chi connectivity index (χ2v) is 8.84. The Morgan fingerprint density at radius 1 is 0.886 bits per heavy atom. The largest absolute Gasteiger partial charge is 0.493 e. The van der Waals surface area contributed by atoms with Crippen LogP contribution in [0.5, 0.6) is 23.0 Å². The minimum Gasteiger partial charge on any atom is -0.493 e. The molecule has 184 valence electrons. The molecule has 0 fully saturated rings. The number of anilines is 1. The van der Waals surface area contributed by atoms with Crippen molar-refractivity contribution in [1.82, 2.24) is 0 Å². The molecule has 0 heterocycles. The molecule has 0 unspecified atom stereocenters. The van der Waals surface area contributed by atoms with Crippen LogP contribution >= 0.6 is 27.5 Å². The molecule has 3 aromatic carbocycles. The molecule has 0 spiro atoms. The van der Waals surface area contributed by atoms with E-state index >= 15 is 0 Å². The summed E-state index contributed by atoms with van der Waals surface area (Å²) in [6.07, 6.45) is 4.55. The van der Waals surface area contributed by atoms with Gasteiger partial charge >= 0.3 is 0 Å². The van der Waals surface area contributed by atoms with E-state index in [4.69, 9.17) is 30.5 Å². The van der Waals surface area contributed by atoms with E-state index in [1.165, 1.54) is 6.08 Å². The fourth-order valence-electron chi connectivity index (χ4n) is 3.62. The molecule has 0 aliphatic rings. The van der Waals surface area contributed by atoms with Gasteiger partial charge in [-0.3, -0.25) is 4.79 Å². The Balaban J connectivity index is 1.78. The summed E-state index contributed by atoms with van der Waals surface area (Å²) in [7, 11) is 6.39. The molecule has 3 aromatic rings. The van der Waals surface area contributed by atoms with Crippen molar-refractivity contribution in [3.8, 4) is 23.0 Å². The maximum atomic E-state index is 12.4. The molecule has 1 N–H and O–H groups in total. The van der Waals surface area contributed by atoms with Crippen molar-refractivity contribution in [3.63, 3.8) is 0 Å². The van der Waals surface area contributed by atoms with Gasteiger partial charge in [-0.05, 0) is 76.3 Å². The Morgan fingerprint density at radius 2 is 1.51 bits per heavy atom. The van der Waals surface area contributed by atoms with E-state index in [9.17, 15) is 4.79 Å². The highest BCUT2D eigenvalue weighted by Gasteiger charge is 2.14. The fraction of sp³-hybridized carbons (Fsp3) is 0.222. The minimum absolute atomic E-state index is 0.156. The summed E-state index contributed by atoms with van der Waals surface area (Å²) < 4.78 is 22.7. The predicted molar refractivity (Wildman–Crippen MR) is 143 cm³/mol. The number of aryl methyl sites for hydroxylation is 2. The van der Waals surface area contributed by atoms with Crippen molar-refractivity contribution in [2.45, 2.75) is 12.8 Å². The summed E-state index contributed by atoms with van der Waals surface area (Å²) >= 11 is 9.57. The number of nitrogens with one attached hydrogen (secondary N) is 1. The number of ether oxygens (including phenoxy) is 4. The van der Waals surface area contributed by atoms with Crippen molar-refractivity contribution in [1.29, 1.82) is 0 Å². The van der Waals surface area contributed by atoms with Gasteiger partial charge in [0.2, 0.25) is 5.75 Å². The molecule has 35 heavy (non-hydrogen) atoms. The zero-order chi connectivity index (χ0) is 25.4. The van der Waals surface area contributed by atoms with Crippen LogP contribution in [0.15, 0.2) is 65.3 Å². The zero-order valence-corrected chi connectivity index (χ0v) is 22.3. The highest BCUT2D eigenvalue weighted by atomic mass is 79.9. The van der Waals surface area contributed by atoms with Gasteiger partial charge in [0.1, 0.15) is 0 Å². The van der Waals surface area contributed by atoms with Crippen LogP contribution in [0.4, 0.5) is 5.69 Å². The number of rotatable bonds is 11. The number of hydrogen-bond donors (Lipinski definition) is 1. The molecule has 0 bridgehead atoms. The summed E-state index contributed by atoms with van der Waals surface area (Å²) in [6.45, 7) is 0. The van der Waals surface area contributed by atoms with E-state index in [0.717, 1.165) is 34.1 Å². The third kappa shape index (κ3) is 6.71. The molecular weight excluding hydrogens is 534 g/mol. The number of hydrogen-bond acceptors (Lipinski definition) is 6. The topological polar surface area (TPSA) is 66.0 Å². The lowest BCUT2D eigenvalue weighted by atomic mass is 10.0. The lowest BCUT2D eigenvalue weighted by Crippen LogP contribution is -2.01. The normalized spacial score (nSPS) is 10.8. The van der Waals surface area contributed by atoms with Crippen LogP contribution in [0.1, 0.15) is 21.5 Å². The summed E-state index contributed by atoms with van der Waals surface area (Å²) in [6, 6.07) is 14.7. The van der Waals surface area contributed by atoms with Gasteiger partial charge in [-0.2, -0.15) is 0 Å². The van der Waals surface area contributed by atoms with Gasteiger partial charge in [-0.15, -0.1) is 0 Å². The molecule has 0 saturated heterocycles. The smallest absolute Gasteiger partial charge is 0.203 e. The van der Waals surface area contributed by atoms with Crippen molar-refractivity contribution >= 4 is 39.0 Å². The average molecular weight is 561 g/mol. The van der Waals surface area contributed by atoms with Gasteiger partial charge in [0.15, 0.2) is 23.0 Å². The van der Waals surface area contributed by atoms with Gasteiger partial charge in [0, 0.05) is 22.9 Å². The molecule has 0 saturated carbocycles. The monoisotopic (exact) mass is 559 g/mol. The van der Waals surface area contributed by atoms with Gasteiger partial charge in [-0.25, -0.2) is 0 Å². The van der Waals surface area contributed by atoms with Crippen LogP contribution in [0.3, 0.4) is 0 Å². The number of methoxy groups -OCH3 is 4. The van der Waals surface area contributed by atoms with Crippen molar-refractivity contribution in [2.75, 3.05) is 33.8 Å². The Bertz CT molecular complexity index is 1200. The van der Waals surface area contributed by atoms with E-state index in [1.807, 2.05) is 24.3 Å². The number of allylic oxidation sites excluding steroid dienone is 1. The predicted octanol–water partition coefficient (Wildman–Crippen LogP) is 6.73. The highest BCUT2D eigenvalue weighted by Crippen LogP contribution is 2.39. The van der Waals surface area contributed by atoms with E-state index < -0.39 is 0 Å². The fourth-order valence-corrected chi connectivity index (χ4v) is 4.48. The van der Waals surface area contributed by atoms with Crippen molar-refractivity contribution < 1.29 is 23.7 Å². The number of carbonyl (C=O) groups is 1. The third-order valence-electron chi connectivity index (χ3n) is 5.32. The Labute approximate surface area is 218 Å². The first-order valence-corrected chi connectivity index (χ1v) is 12.0. The SMILES string of the molecule is COc1cc(CCc2cc(Br)c(OC)c(N/C=C\C(=O)c3cccc(Cl)c3)c2)cc(OC)c1OC. The van der Waals surface area contributed by atoms with E-state index in [2.05, 4.69) is 21.2 Å². The molecule has 0 amide bonds. The minimum atomic E-state index is -0.156. The Morgan fingerprint density at radius 3 is 2.09 bits per heavy atom. The van der Waals surface area contributed by atoms with E-state index in [0.29, 0.717) is 33.6 Å². The standard InChI is InChI=1S/C27H27BrClNO5/c1-32-24-14-18(15-25(33-2)27(24)35-4)9-8-17-12-21(28)26(34-3)22(13-17)30-11-10-23(31)19-6-5-7-20(29)16-19/h5-7,10-16,30H,8-9H2,1-4H3/b11-10-. The van der Waals surface area contributed by atoms with Crippen LogP contribution in [0.2, 0.25) is 5.02 Å². The summed E-state index contributed by atoms with van der Waals surface area (Å²) in [5, 5.41) is 3.68. The summed E-state index contributed by atoms with van der Waals surface area (Å²) in [5.41, 5.74) is 3.37. The first kappa shape index (κ1) is 26.4. The van der Waals surface area contributed by atoms with Crippen LogP contribution in [0.25, 0.3) is 0 Å². The van der Waals surface area contributed by atoms with Gasteiger partial charge in [0.25, 0.3) is 0 Å². The van der Waals surface area contributed by atoms with Gasteiger partial charge in [0.05, 0.1) is 38.6 Å². The molecular formula is C27H27BrClNO5. The Kier molecular flexibility index (Phi) is 9.46. The van der Waals surface area contributed by atoms with Crippen LogP contribution < -0.4 is 24.3 Å². The number of benzene rings is 3. The number of carbonyl (C=O) groups excluding carboxylic acids is 1. The molecule has 6 nitrogen and oxygen atoms in total. The zero-order valence-electron chi connectivity index (χ0n) is 20.0. The molecule has 3 rings (SSSR count). The molecule has 8 heteroatoms. The summed E-state index contributed by atoms with van der Waals surface area (Å²) in [5.74, 6) is 2.29. The second kappa shape index (κ2) is 12.5. The second-order valence-electron chi connectivity index (χ2n) is 7.54. The lowest BCUT2D eigenvalue weighted by Gasteiger charge is -2.15. The molecule has 0 aliphatic carbocycles. The summed E-state index contributed by atoms with van der Waals surface area (Å²) in [4.78, 5) is 12.4. The van der Waals surface area contributed by atoms with Crippen molar-refractivity contribution in [3.05, 3.63) is 87.0 Å². The molecule has 0 radical (unpaired) electrons. The lowest BCUT2D eigenvalue weighted by molar-refractivity contribution is 0.104. The first-order chi connectivity index (χ1) is 16.9. The quantitative estimate of drug-likeness (QED) is 0.207. The van der Waals surface area contributed by atoms with Crippen LogP contribution in [0, 0.1) is 0 Å². The molecule has 0 aliphatic heterocycles. The maximum absolute atomic E-state index is 12.4. The Hall–Kier alpha value is -3.16. The van der Waals surface area contributed by atoms with E-state index in [-0.39, 0.29) is 5.78 Å². The van der Waals surface area contributed by atoms with Gasteiger partial charge < -0.3 is 24.3 Å². The first-order valence-electron chi connectivity index (χ1n) is 10.8. The van der Waals surface area contributed by atoms with Crippen LogP contribution in [-0.2, 0) is 12.8 Å². The third-order valence-corrected chi connectivity index (χ3v) is 6.14. The number of halogens is 2. The highest BCUT2D eigenvalue weighted by molar-refractivity contribution is 9.10. The molecule has 0 aromatic heterocycles.